The zero-order valence-electron chi connectivity index (χ0n) is 16.1. The first-order chi connectivity index (χ1) is 14.0. The van der Waals surface area contributed by atoms with Crippen molar-refractivity contribution in [2.24, 2.45) is 0 Å². The van der Waals surface area contributed by atoms with Crippen LogP contribution in [-0.4, -0.2) is 63.5 Å². The van der Waals surface area contributed by atoms with Crippen molar-refractivity contribution in [3.8, 4) is 5.88 Å². The van der Waals surface area contributed by atoms with Gasteiger partial charge in [-0.1, -0.05) is 0 Å². The predicted molar refractivity (Wildman–Crippen MR) is 97.8 cm³/mol. The number of nitrogens with zero attached hydrogens (tertiary/aromatic N) is 4. The highest BCUT2D eigenvalue weighted by molar-refractivity contribution is 5.89. The number of carboxylic acids is 2. The van der Waals surface area contributed by atoms with E-state index in [0.29, 0.717) is 11.6 Å². The Balaban J connectivity index is 0.000000396. The summed E-state index contributed by atoms with van der Waals surface area (Å²) in [5, 5.41) is 16.4. The van der Waals surface area contributed by atoms with Crippen molar-refractivity contribution in [2.45, 2.75) is 25.9 Å². The standard InChI is InChI=1S/C16H18N4O3.C2HF3O2/c1-10-12(16(21)22)7-11-3-5-20(6-4-13(11)19-10)14-8-15(23-2)18-9-17-14;3-2(4,5)1(6)7/h7-9H,3-6H2,1-2H3,(H,21,22);(H,6,7). The summed E-state index contributed by atoms with van der Waals surface area (Å²) in [7, 11) is 1.57. The average molecular weight is 428 g/mol. The molecule has 2 N–H and O–H groups in total. The maximum atomic E-state index is 11.3. The van der Waals surface area contributed by atoms with Crippen molar-refractivity contribution in [3.63, 3.8) is 0 Å². The van der Waals surface area contributed by atoms with Gasteiger partial charge in [-0.2, -0.15) is 13.2 Å². The minimum atomic E-state index is -5.08. The summed E-state index contributed by atoms with van der Waals surface area (Å²) in [6.07, 6.45) is -2.12. The maximum Gasteiger partial charge on any atom is 0.490 e. The topological polar surface area (TPSA) is 126 Å². The van der Waals surface area contributed by atoms with Crippen LogP contribution in [0.15, 0.2) is 18.5 Å². The van der Waals surface area contributed by atoms with Crippen molar-refractivity contribution in [1.29, 1.82) is 0 Å². The number of hydrogen-bond acceptors (Lipinski definition) is 7. The summed E-state index contributed by atoms with van der Waals surface area (Å²) in [6, 6.07) is 3.56. The molecule has 1 aliphatic heterocycles. The molecule has 0 saturated heterocycles. The van der Waals surface area contributed by atoms with Gasteiger partial charge in [-0.15, -0.1) is 0 Å². The van der Waals surface area contributed by atoms with Gasteiger partial charge < -0.3 is 19.8 Å². The summed E-state index contributed by atoms with van der Waals surface area (Å²) in [6.45, 7) is 3.25. The molecule has 30 heavy (non-hydrogen) atoms. The number of aromatic carboxylic acids is 1. The predicted octanol–water partition coefficient (Wildman–Crippen LogP) is 2.13. The molecule has 162 valence electrons. The van der Waals surface area contributed by atoms with E-state index in [9.17, 15) is 23.1 Å². The Morgan fingerprint density at radius 3 is 2.33 bits per heavy atom. The van der Waals surface area contributed by atoms with E-state index in [0.717, 1.165) is 43.0 Å². The quantitative estimate of drug-likeness (QED) is 0.756. The number of aryl methyl sites for hydroxylation is 1. The number of carbonyl (C=O) groups is 2. The van der Waals surface area contributed by atoms with Crippen LogP contribution in [0.1, 0.15) is 27.3 Å². The fraction of sp³-hybridized carbons (Fsp3) is 0.389. The van der Waals surface area contributed by atoms with E-state index in [1.165, 1.54) is 6.33 Å². The van der Waals surface area contributed by atoms with Gasteiger partial charge in [-0.05, 0) is 25.0 Å². The molecule has 0 atom stereocenters. The van der Waals surface area contributed by atoms with E-state index < -0.39 is 18.1 Å². The fourth-order valence-electron chi connectivity index (χ4n) is 2.80. The van der Waals surface area contributed by atoms with Crippen molar-refractivity contribution >= 4 is 17.8 Å². The van der Waals surface area contributed by atoms with Gasteiger partial charge in [-0.3, -0.25) is 4.98 Å². The molecule has 0 saturated carbocycles. The summed E-state index contributed by atoms with van der Waals surface area (Å²) < 4.78 is 36.9. The zero-order valence-corrected chi connectivity index (χ0v) is 16.1. The number of ether oxygens (including phenoxy) is 1. The normalized spacial score (nSPS) is 13.4. The van der Waals surface area contributed by atoms with Gasteiger partial charge in [0.2, 0.25) is 5.88 Å². The molecular weight excluding hydrogens is 409 g/mol. The van der Waals surface area contributed by atoms with Gasteiger partial charge in [0.05, 0.1) is 18.4 Å². The van der Waals surface area contributed by atoms with Gasteiger partial charge in [0, 0.05) is 31.3 Å². The highest BCUT2D eigenvalue weighted by Crippen LogP contribution is 2.22. The third kappa shape index (κ3) is 5.78. The second kappa shape index (κ2) is 9.37. The molecule has 0 aliphatic carbocycles. The zero-order chi connectivity index (χ0) is 22.5. The molecule has 2 aromatic rings. The third-order valence-corrected chi connectivity index (χ3v) is 4.28. The maximum absolute atomic E-state index is 11.3. The van der Waals surface area contributed by atoms with E-state index in [4.69, 9.17) is 14.6 Å². The van der Waals surface area contributed by atoms with Gasteiger partial charge in [0.25, 0.3) is 0 Å². The molecule has 0 spiro atoms. The Hall–Kier alpha value is -3.44. The summed E-state index contributed by atoms with van der Waals surface area (Å²) in [5.41, 5.74) is 2.81. The molecule has 0 amide bonds. The van der Waals surface area contributed by atoms with E-state index in [1.54, 1.807) is 26.2 Å². The van der Waals surface area contributed by atoms with E-state index in [2.05, 4.69) is 19.9 Å². The Kier molecular flexibility index (Phi) is 7.14. The van der Waals surface area contributed by atoms with Crippen LogP contribution in [0.4, 0.5) is 19.0 Å². The first-order valence-electron chi connectivity index (χ1n) is 8.66. The van der Waals surface area contributed by atoms with Crippen molar-refractivity contribution in [3.05, 3.63) is 41.0 Å². The summed E-state index contributed by atoms with van der Waals surface area (Å²) >= 11 is 0. The monoisotopic (exact) mass is 428 g/mol. The highest BCUT2D eigenvalue weighted by Gasteiger charge is 2.38. The van der Waals surface area contributed by atoms with Crippen molar-refractivity contribution in [1.82, 2.24) is 15.0 Å². The number of rotatable bonds is 3. The number of methoxy groups -OCH3 is 1. The summed E-state index contributed by atoms with van der Waals surface area (Å²) in [4.78, 5) is 35.1. The molecule has 0 unspecified atom stereocenters. The molecule has 2 aromatic heterocycles. The van der Waals surface area contributed by atoms with Gasteiger partial charge in [-0.25, -0.2) is 19.6 Å². The molecule has 9 nitrogen and oxygen atoms in total. The molecule has 1 aliphatic rings. The average Bonchev–Trinajstić information content (AvgIpc) is 2.89. The lowest BCUT2D eigenvalue weighted by molar-refractivity contribution is -0.192. The van der Waals surface area contributed by atoms with E-state index in [1.807, 2.05) is 0 Å². The van der Waals surface area contributed by atoms with Crippen LogP contribution >= 0.6 is 0 Å². The minimum Gasteiger partial charge on any atom is -0.481 e. The number of hydrogen-bond donors (Lipinski definition) is 2. The number of anilines is 1. The molecule has 0 radical (unpaired) electrons. The van der Waals surface area contributed by atoms with Crippen LogP contribution in [0.2, 0.25) is 0 Å². The summed E-state index contributed by atoms with van der Waals surface area (Å²) in [5.74, 6) is -2.36. The molecule has 3 rings (SSSR count). The largest absolute Gasteiger partial charge is 0.490 e. The van der Waals surface area contributed by atoms with Gasteiger partial charge >= 0.3 is 18.1 Å². The van der Waals surface area contributed by atoms with Crippen LogP contribution in [0, 0.1) is 6.92 Å². The number of carboxylic acid groups (broad SMARTS) is 2. The molecule has 0 bridgehead atoms. The molecule has 0 aromatic carbocycles. The Morgan fingerprint density at radius 2 is 1.77 bits per heavy atom. The van der Waals surface area contributed by atoms with Gasteiger partial charge in [0.15, 0.2) is 0 Å². The van der Waals surface area contributed by atoms with Crippen molar-refractivity contribution in [2.75, 3.05) is 25.1 Å². The third-order valence-electron chi connectivity index (χ3n) is 4.28. The molecular formula is C18H19F3N4O5. The van der Waals surface area contributed by atoms with Crippen LogP contribution in [0.5, 0.6) is 5.88 Å². The first kappa shape index (κ1) is 22.8. The second-order valence-electron chi connectivity index (χ2n) is 6.24. The Morgan fingerprint density at radius 1 is 1.13 bits per heavy atom. The molecule has 3 heterocycles. The highest BCUT2D eigenvalue weighted by atomic mass is 19.4. The second-order valence-corrected chi connectivity index (χ2v) is 6.24. The number of fused-ring (bicyclic) bond motifs is 1. The van der Waals surface area contributed by atoms with Crippen LogP contribution in [-0.2, 0) is 17.6 Å². The van der Waals surface area contributed by atoms with E-state index >= 15 is 0 Å². The fourth-order valence-corrected chi connectivity index (χ4v) is 2.80. The molecule has 0 fully saturated rings. The first-order valence-corrected chi connectivity index (χ1v) is 8.66. The Bertz CT molecular complexity index is 937. The number of aromatic nitrogens is 3. The van der Waals surface area contributed by atoms with E-state index in [-0.39, 0.29) is 5.56 Å². The number of pyridine rings is 1. The minimum absolute atomic E-state index is 0.279. The lowest BCUT2D eigenvalue weighted by Crippen LogP contribution is -2.27. The van der Waals surface area contributed by atoms with Crippen LogP contribution in [0.25, 0.3) is 0 Å². The SMILES string of the molecule is COc1cc(N2CCc3cc(C(=O)O)c(C)nc3CC2)ncn1.O=C(O)C(F)(F)F. The Labute approximate surface area is 169 Å². The number of halogens is 3. The van der Waals surface area contributed by atoms with Crippen molar-refractivity contribution < 1.29 is 37.7 Å². The molecule has 12 heteroatoms. The lowest BCUT2D eigenvalue weighted by atomic mass is 10.0. The van der Waals surface area contributed by atoms with Crippen LogP contribution < -0.4 is 9.64 Å². The smallest absolute Gasteiger partial charge is 0.481 e. The number of aliphatic carboxylic acids is 1. The van der Waals surface area contributed by atoms with Crippen LogP contribution in [0.3, 0.4) is 0 Å². The lowest BCUT2D eigenvalue weighted by Gasteiger charge is -2.21. The number of alkyl halides is 3. The van der Waals surface area contributed by atoms with Gasteiger partial charge in [0.1, 0.15) is 12.1 Å².